The van der Waals surface area contributed by atoms with Gasteiger partial charge in [0.25, 0.3) is 0 Å². The first-order valence-electron chi connectivity index (χ1n) is 11.4. The van der Waals surface area contributed by atoms with Crippen molar-refractivity contribution in [3.8, 4) is 0 Å². The van der Waals surface area contributed by atoms with Gasteiger partial charge in [0.15, 0.2) is 0 Å². The Bertz CT molecular complexity index is 1060. The van der Waals surface area contributed by atoms with E-state index in [0.29, 0.717) is 45.8 Å². The Kier molecular flexibility index (Phi) is 9.39. The van der Waals surface area contributed by atoms with E-state index < -0.39 is 17.9 Å². The lowest BCUT2D eigenvalue weighted by Gasteiger charge is -2.31. The number of fused-ring (bicyclic) bond motifs is 1. The topological polar surface area (TPSA) is 138 Å². The van der Waals surface area contributed by atoms with E-state index in [9.17, 15) is 29.7 Å². The molecule has 3 N–H and O–H groups in total. The van der Waals surface area contributed by atoms with E-state index in [1.165, 1.54) is 0 Å². The summed E-state index contributed by atoms with van der Waals surface area (Å²) >= 11 is 0. The lowest BCUT2D eigenvalue weighted by molar-refractivity contribution is -0.139. The highest BCUT2D eigenvalue weighted by Gasteiger charge is 2.17. The van der Waals surface area contributed by atoms with Crippen LogP contribution in [-0.2, 0) is 20.9 Å². The molecule has 3 rings (SSSR count). The van der Waals surface area contributed by atoms with Crippen LogP contribution in [0.1, 0.15) is 5.69 Å². The molecule has 0 fully saturated rings. The fourth-order valence-corrected chi connectivity index (χ4v) is 3.95. The quantitative estimate of drug-likeness (QED) is 0.487. The number of carboxylic acid groups (broad SMARTS) is 3. The Labute approximate surface area is 203 Å². The minimum Gasteiger partial charge on any atom is -0.480 e. The Morgan fingerprint density at radius 1 is 0.714 bits per heavy atom. The van der Waals surface area contributed by atoms with E-state index in [4.69, 9.17) is 0 Å². The van der Waals surface area contributed by atoms with Crippen LogP contribution in [0, 0.1) is 0 Å². The van der Waals surface area contributed by atoms with E-state index in [0.717, 1.165) is 16.5 Å². The molecule has 0 unspecified atom stereocenters. The molecule has 1 aromatic carbocycles. The summed E-state index contributed by atoms with van der Waals surface area (Å²) in [5, 5.41) is 30.0. The number of rotatable bonds is 8. The van der Waals surface area contributed by atoms with Gasteiger partial charge in [-0.1, -0.05) is 24.3 Å². The van der Waals surface area contributed by atoms with Crippen LogP contribution in [0.15, 0.2) is 48.9 Å². The van der Waals surface area contributed by atoms with Crippen molar-refractivity contribution < 1.29 is 29.7 Å². The molecule has 1 aliphatic rings. The molecule has 0 spiro atoms. The van der Waals surface area contributed by atoms with Crippen LogP contribution < -0.4 is 0 Å². The monoisotopic (exact) mass is 485 g/mol. The van der Waals surface area contributed by atoms with Crippen molar-refractivity contribution in [3.05, 3.63) is 54.6 Å². The predicted octanol–water partition coefficient (Wildman–Crippen LogP) is 0.681. The van der Waals surface area contributed by atoms with Gasteiger partial charge in [-0.2, -0.15) is 0 Å². The number of pyridine rings is 1. The Balaban J connectivity index is 1.81. The molecule has 2 aromatic rings. The van der Waals surface area contributed by atoms with Crippen molar-refractivity contribution in [2.45, 2.75) is 6.54 Å². The number of carbonyl (C=O) groups is 3. The Morgan fingerprint density at radius 3 is 1.83 bits per heavy atom. The summed E-state index contributed by atoms with van der Waals surface area (Å²) in [5.41, 5.74) is 0.869. The normalized spacial score (nSPS) is 17.5. The van der Waals surface area contributed by atoms with E-state index in [1.54, 1.807) is 27.1 Å². The van der Waals surface area contributed by atoms with E-state index in [2.05, 4.69) is 9.88 Å². The molecule has 35 heavy (non-hydrogen) atoms. The Hall–Kier alpha value is -3.70. The summed E-state index contributed by atoms with van der Waals surface area (Å²) in [6.45, 7) is 2.47. The maximum absolute atomic E-state index is 11.4. The number of nitrogens with zero attached hydrogens (tertiary/aromatic N) is 5. The average molecular weight is 486 g/mol. The average Bonchev–Trinajstić information content (AvgIpc) is 2.79. The fourth-order valence-electron chi connectivity index (χ4n) is 3.95. The molecule has 0 saturated heterocycles. The summed E-state index contributed by atoms with van der Waals surface area (Å²) in [6, 6.07) is 9.97. The van der Waals surface area contributed by atoms with E-state index in [1.807, 2.05) is 36.5 Å². The van der Waals surface area contributed by atoms with Gasteiger partial charge in [-0.3, -0.25) is 29.2 Å². The van der Waals surface area contributed by atoms with Crippen LogP contribution in [0.3, 0.4) is 0 Å². The number of aromatic nitrogens is 1. The minimum absolute atomic E-state index is 0.155. The maximum Gasteiger partial charge on any atom is 0.323 e. The van der Waals surface area contributed by atoms with E-state index in [-0.39, 0.29) is 19.6 Å². The molecule has 0 bridgehead atoms. The molecule has 11 heteroatoms. The number of hydrogen-bond donors (Lipinski definition) is 3. The molecule has 0 atom stereocenters. The van der Waals surface area contributed by atoms with Gasteiger partial charge >= 0.3 is 17.9 Å². The summed E-state index contributed by atoms with van der Waals surface area (Å²) in [4.78, 5) is 45.7. The lowest BCUT2D eigenvalue weighted by Crippen LogP contribution is -2.44. The number of aliphatic carboxylic acids is 3. The van der Waals surface area contributed by atoms with Gasteiger partial charge in [0.05, 0.1) is 12.2 Å². The summed E-state index contributed by atoms with van der Waals surface area (Å²) < 4.78 is 0. The summed E-state index contributed by atoms with van der Waals surface area (Å²) in [7, 11) is 0. The third-order valence-corrected chi connectivity index (χ3v) is 5.74. The zero-order valence-electron chi connectivity index (χ0n) is 19.5. The highest BCUT2D eigenvalue weighted by atomic mass is 16.4. The number of carboxylic acids is 3. The second-order valence-electron chi connectivity index (χ2n) is 8.50. The lowest BCUT2D eigenvalue weighted by atomic mass is 10.1. The Morgan fingerprint density at radius 2 is 1.23 bits per heavy atom. The van der Waals surface area contributed by atoms with Gasteiger partial charge < -0.3 is 25.1 Å². The van der Waals surface area contributed by atoms with Gasteiger partial charge in [0.1, 0.15) is 13.1 Å². The molecular weight excluding hydrogens is 454 g/mol. The fraction of sp³-hybridized carbons (Fsp3) is 0.417. The molecule has 0 radical (unpaired) electrons. The molecule has 1 aromatic heterocycles. The molecule has 188 valence electrons. The first-order chi connectivity index (χ1) is 16.8. The maximum atomic E-state index is 11.4. The van der Waals surface area contributed by atoms with Crippen LogP contribution in [0.2, 0.25) is 0 Å². The summed E-state index contributed by atoms with van der Waals surface area (Å²) in [5.74, 6) is -2.96. The molecular formula is C24H31N5O6. The minimum atomic E-state index is -1.02. The first kappa shape index (κ1) is 25.9. The van der Waals surface area contributed by atoms with Crippen molar-refractivity contribution >= 4 is 28.7 Å². The zero-order valence-corrected chi connectivity index (χ0v) is 19.5. The predicted molar refractivity (Wildman–Crippen MR) is 129 cm³/mol. The summed E-state index contributed by atoms with van der Waals surface area (Å²) in [6.07, 6.45) is 4.98. The van der Waals surface area contributed by atoms with Gasteiger partial charge in [-0.05, 0) is 11.5 Å². The molecule has 11 nitrogen and oxygen atoms in total. The first-order valence-corrected chi connectivity index (χ1v) is 11.4. The van der Waals surface area contributed by atoms with Crippen LogP contribution in [0.4, 0.5) is 0 Å². The molecule has 2 heterocycles. The van der Waals surface area contributed by atoms with Gasteiger partial charge in [-0.25, -0.2) is 0 Å². The number of benzene rings is 1. The van der Waals surface area contributed by atoms with Crippen molar-refractivity contribution in [2.24, 2.45) is 0 Å². The molecule has 0 saturated carbocycles. The third kappa shape index (κ3) is 8.87. The standard InChI is InChI=1S/C24H31N5O6/c30-22(31)16-27-7-5-26(15-21-13-19-3-1-2-4-20(19)14-25-21)6-8-28(17-23(32)33)10-12-29(11-9-27)18-24(34)35/h1-4,9,11,13-14H,5-8,10,12,15-18H2,(H,30,31)(H,32,33)(H,34,35)/b11-9-. The second kappa shape index (κ2) is 12.7. The zero-order chi connectivity index (χ0) is 25.2. The second-order valence-corrected chi connectivity index (χ2v) is 8.50. The number of hydrogen-bond acceptors (Lipinski definition) is 8. The third-order valence-electron chi connectivity index (χ3n) is 5.74. The van der Waals surface area contributed by atoms with Crippen molar-refractivity contribution in [1.29, 1.82) is 0 Å². The van der Waals surface area contributed by atoms with Crippen molar-refractivity contribution in [2.75, 3.05) is 58.9 Å². The molecule has 0 amide bonds. The van der Waals surface area contributed by atoms with Crippen LogP contribution in [0.5, 0.6) is 0 Å². The highest BCUT2D eigenvalue weighted by molar-refractivity contribution is 5.81. The van der Waals surface area contributed by atoms with Crippen molar-refractivity contribution in [3.63, 3.8) is 0 Å². The van der Waals surface area contributed by atoms with Gasteiger partial charge in [-0.15, -0.1) is 0 Å². The van der Waals surface area contributed by atoms with Crippen LogP contribution >= 0.6 is 0 Å². The highest BCUT2D eigenvalue weighted by Crippen LogP contribution is 2.15. The smallest absolute Gasteiger partial charge is 0.323 e. The van der Waals surface area contributed by atoms with Crippen LogP contribution in [0.25, 0.3) is 10.8 Å². The molecule has 0 aliphatic carbocycles. The largest absolute Gasteiger partial charge is 0.480 e. The van der Waals surface area contributed by atoms with E-state index >= 15 is 0 Å². The van der Waals surface area contributed by atoms with Gasteiger partial charge in [0.2, 0.25) is 0 Å². The SMILES string of the molecule is O=C(O)CN1/C=C\N(CC(=O)O)CCN(Cc2cc3ccccc3cn2)CCN(CC(=O)O)CC1. The van der Waals surface area contributed by atoms with Crippen LogP contribution in [-0.4, -0.2) is 117 Å². The molecule has 1 aliphatic heterocycles. The van der Waals surface area contributed by atoms with Gasteiger partial charge in [0, 0.05) is 69.8 Å². The van der Waals surface area contributed by atoms with Crippen molar-refractivity contribution in [1.82, 2.24) is 24.6 Å².